The molecule has 0 amide bonds. The van der Waals surface area contributed by atoms with Crippen LogP contribution in [0.15, 0.2) is 34.8 Å². The Hall–Kier alpha value is -0.800. The van der Waals surface area contributed by atoms with Gasteiger partial charge in [-0.1, -0.05) is 28.1 Å². The van der Waals surface area contributed by atoms with Crippen LogP contribution in [-0.2, 0) is 0 Å². The summed E-state index contributed by atoms with van der Waals surface area (Å²) >= 11 is 3.43. The second-order valence-corrected chi connectivity index (χ2v) is 5.29. The van der Waals surface area contributed by atoms with E-state index in [9.17, 15) is 5.11 Å². The fraction of sp³-hybridized carbons (Fsp3) is 0.429. The van der Waals surface area contributed by atoms with Gasteiger partial charge in [0.05, 0.1) is 6.10 Å². The zero-order chi connectivity index (χ0) is 12.3. The average molecular weight is 297 g/mol. The van der Waals surface area contributed by atoms with Crippen LogP contribution in [0.4, 0.5) is 0 Å². The summed E-state index contributed by atoms with van der Waals surface area (Å²) in [5.41, 5.74) is 0.840. The van der Waals surface area contributed by atoms with Crippen LogP contribution in [0.3, 0.4) is 0 Å². The van der Waals surface area contributed by atoms with Crippen LogP contribution in [0.25, 0.3) is 0 Å². The Bertz CT molecular complexity index is 413. The van der Waals surface area contributed by atoms with Crippen LogP contribution >= 0.6 is 15.9 Å². The van der Waals surface area contributed by atoms with Gasteiger partial charge in [0.2, 0.25) is 0 Å². The minimum atomic E-state index is -0.509. The lowest BCUT2D eigenvalue weighted by Crippen LogP contribution is -2.16. The molecule has 92 valence electrons. The van der Waals surface area contributed by atoms with Crippen LogP contribution in [0.5, 0.6) is 5.75 Å². The van der Waals surface area contributed by atoms with Gasteiger partial charge in [-0.2, -0.15) is 0 Å². The van der Waals surface area contributed by atoms with E-state index >= 15 is 0 Å². The molecule has 1 aromatic rings. The summed E-state index contributed by atoms with van der Waals surface area (Å²) in [6.45, 7) is 1.76. The van der Waals surface area contributed by atoms with Gasteiger partial charge in [-0.3, -0.25) is 0 Å². The van der Waals surface area contributed by atoms with Gasteiger partial charge in [0, 0.05) is 10.0 Å². The molecule has 1 aliphatic rings. The number of hydrogen-bond acceptors (Lipinski definition) is 2. The van der Waals surface area contributed by atoms with Crippen molar-refractivity contribution in [2.45, 2.75) is 38.4 Å². The normalized spacial score (nSPS) is 21.2. The Balaban J connectivity index is 2.20. The Morgan fingerprint density at radius 2 is 2.29 bits per heavy atom. The van der Waals surface area contributed by atoms with E-state index in [2.05, 4.69) is 28.1 Å². The van der Waals surface area contributed by atoms with E-state index in [4.69, 9.17) is 4.74 Å². The van der Waals surface area contributed by atoms with Crippen molar-refractivity contribution in [3.63, 3.8) is 0 Å². The van der Waals surface area contributed by atoms with Crippen LogP contribution < -0.4 is 4.74 Å². The standard InChI is InChI=1S/C14H17BrO2/c1-10(16)13-8-7-11(15)9-14(13)17-12-5-3-2-4-6-12/h3,5,7-10,12,16H,2,4,6H2,1H3/t10-,12?/m1/s1. The van der Waals surface area contributed by atoms with Crippen molar-refractivity contribution < 1.29 is 9.84 Å². The third-order valence-electron chi connectivity index (χ3n) is 2.91. The van der Waals surface area contributed by atoms with Crippen molar-refractivity contribution in [1.82, 2.24) is 0 Å². The zero-order valence-electron chi connectivity index (χ0n) is 9.90. The molecule has 0 fully saturated rings. The van der Waals surface area contributed by atoms with Gasteiger partial charge in [0.1, 0.15) is 11.9 Å². The number of rotatable bonds is 3. The third-order valence-corrected chi connectivity index (χ3v) is 3.41. The van der Waals surface area contributed by atoms with Crippen molar-refractivity contribution >= 4 is 15.9 Å². The van der Waals surface area contributed by atoms with E-state index in [1.165, 1.54) is 6.42 Å². The summed E-state index contributed by atoms with van der Waals surface area (Å²) in [5.74, 6) is 0.769. The molecular weight excluding hydrogens is 280 g/mol. The molecule has 3 heteroatoms. The van der Waals surface area contributed by atoms with E-state index < -0.39 is 6.10 Å². The van der Waals surface area contributed by atoms with Gasteiger partial charge in [0.25, 0.3) is 0 Å². The largest absolute Gasteiger partial charge is 0.486 e. The lowest BCUT2D eigenvalue weighted by Gasteiger charge is -2.21. The van der Waals surface area contributed by atoms with Crippen molar-refractivity contribution in [2.75, 3.05) is 0 Å². The molecule has 0 spiro atoms. The van der Waals surface area contributed by atoms with E-state index in [0.717, 1.165) is 28.6 Å². The second-order valence-electron chi connectivity index (χ2n) is 4.37. The number of hydrogen-bond donors (Lipinski definition) is 1. The quantitative estimate of drug-likeness (QED) is 0.855. The summed E-state index contributed by atoms with van der Waals surface area (Å²) in [6, 6.07) is 5.74. The van der Waals surface area contributed by atoms with E-state index in [-0.39, 0.29) is 6.10 Å². The molecule has 2 nitrogen and oxygen atoms in total. The highest BCUT2D eigenvalue weighted by molar-refractivity contribution is 9.10. The van der Waals surface area contributed by atoms with Gasteiger partial charge in [-0.25, -0.2) is 0 Å². The van der Waals surface area contributed by atoms with E-state index in [1.807, 2.05) is 18.2 Å². The summed E-state index contributed by atoms with van der Waals surface area (Å²) in [7, 11) is 0. The number of aliphatic hydroxyl groups excluding tert-OH is 1. The van der Waals surface area contributed by atoms with Crippen LogP contribution in [0.1, 0.15) is 37.9 Å². The maximum Gasteiger partial charge on any atom is 0.127 e. The van der Waals surface area contributed by atoms with Gasteiger partial charge in [0.15, 0.2) is 0 Å². The number of halogens is 1. The number of ether oxygens (including phenoxy) is 1. The van der Waals surface area contributed by atoms with E-state index in [0.29, 0.717) is 0 Å². The summed E-state index contributed by atoms with van der Waals surface area (Å²) in [6.07, 6.45) is 7.24. The maximum atomic E-state index is 9.71. The molecule has 2 rings (SSSR count). The lowest BCUT2D eigenvalue weighted by atomic mass is 10.0. The van der Waals surface area contributed by atoms with E-state index in [1.54, 1.807) is 6.92 Å². The summed E-state index contributed by atoms with van der Waals surface area (Å²) in [4.78, 5) is 0. The molecule has 1 unspecified atom stereocenters. The number of benzene rings is 1. The first-order chi connectivity index (χ1) is 8.16. The molecule has 0 bridgehead atoms. The Labute approximate surface area is 110 Å². The molecule has 17 heavy (non-hydrogen) atoms. The zero-order valence-corrected chi connectivity index (χ0v) is 11.5. The highest BCUT2D eigenvalue weighted by Crippen LogP contribution is 2.30. The molecule has 0 aromatic heterocycles. The monoisotopic (exact) mass is 296 g/mol. The van der Waals surface area contributed by atoms with Gasteiger partial charge in [-0.15, -0.1) is 0 Å². The van der Waals surface area contributed by atoms with Crippen molar-refractivity contribution in [1.29, 1.82) is 0 Å². The summed E-state index contributed by atoms with van der Waals surface area (Å²) < 4.78 is 6.92. The number of aliphatic hydroxyl groups is 1. The SMILES string of the molecule is C[C@@H](O)c1ccc(Br)cc1OC1C=CCCC1. The lowest BCUT2D eigenvalue weighted by molar-refractivity contribution is 0.180. The molecule has 1 N–H and O–H groups in total. The first-order valence-electron chi connectivity index (χ1n) is 5.97. The molecule has 0 heterocycles. The fourth-order valence-electron chi connectivity index (χ4n) is 2.00. The molecule has 1 aliphatic carbocycles. The molecule has 0 radical (unpaired) electrons. The molecule has 2 atom stereocenters. The third kappa shape index (κ3) is 3.33. The van der Waals surface area contributed by atoms with Crippen molar-refractivity contribution in [2.24, 2.45) is 0 Å². The fourth-order valence-corrected chi connectivity index (χ4v) is 2.34. The van der Waals surface area contributed by atoms with Crippen molar-refractivity contribution in [3.8, 4) is 5.75 Å². The Kier molecular flexibility index (Phi) is 4.24. The average Bonchev–Trinajstić information content (AvgIpc) is 2.30. The first-order valence-corrected chi connectivity index (χ1v) is 6.77. The molecule has 0 saturated carbocycles. The minimum absolute atomic E-state index is 0.135. The molecule has 1 aromatic carbocycles. The minimum Gasteiger partial charge on any atom is -0.486 e. The highest BCUT2D eigenvalue weighted by Gasteiger charge is 2.15. The molecule has 0 aliphatic heterocycles. The second kappa shape index (κ2) is 5.69. The summed E-state index contributed by atoms with van der Waals surface area (Å²) in [5, 5.41) is 9.71. The first kappa shape index (κ1) is 12.7. The van der Waals surface area contributed by atoms with Crippen molar-refractivity contribution in [3.05, 3.63) is 40.4 Å². The smallest absolute Gasteiger partial charge is 0.127 e. The predicted molar refractivity (Wildman–Crippen MR) is 72.2 cm³/mol. The van der Waals surface area contributed by atoms with Crippen LogP contribution in [0, 0.1) is 0 Å². The number of allylic oxidation sites excluding steroid dienone is 1. The Morgan fingerprint density at radius 1 is 1.47 bits per heavy atom. The maximum absolute atomic E-state index is 9.71. The highest BCUT2D eigenvalue weighted by atomic mass is 79.9. The molecular formula is C14H17BrO2. The van der Waals surface area contributed by atoms with Crippen LogP contribution in [-0.4, -0.2) is 11.2 Å². The predicted octanol–water partition coefficient (Wildman–Crippen LogP) is 3.99. The molecule has 0 saturated heterocycles. The topological polar surface area (TPSA) is 29.5 Å². The Morgan fingerprint density at radius 3 is 2.94 bits per heavy atom. The van der Waals surface area contributed by atoms with Gasteiger partial charge in [-0.05, 0) is 44.4 Å². The van der Waals surface area contributed by atoms with Crippen LogP contribution in [0.2, 0.25) is 0 Å². The van der Waals surface area contributed by atoms with Gasteiger partial charge >= 0.3 is 0 Å². The van der Waals surface area contributed by atoms with Gasteiger partial charge < -0.3 is 9.84 Å².